The quantitative estimate of drug-likeness (QED) is 0.334. The molecule has 188 valence electrons. The summed E-state index contributed by atoms with van der Waals surface area (Å²) in [4.78, 5) is 29.4. The van der Waals surface area contributed by atoms with Crippen LogP contribution in [0.4, 0.5) is 0 Å². The van der Waals surface area contributed by atoms with Crippen molar-refractivity contribution in [3.63, 3.8) is 0 Å². The van der Waals surface area contributed by atoms with Gasteiger partial charge in [0.15, 0.2) is 0 Å². The van der Waals surface area contributed by atoms with E-state index in [0.29, 0.717) is 22.5 Å². The molecule has 1 heterocycles. The molecule has 0 spiro atoms. The summed E-state index contributed by atoms with van der Waals surface area (Å²) in [6, 6.07) is 15.8. The van der Waals surface area contributed by atoms with Crippen molar-refractivity contribution in [3.05, 3.63) is 94.8 Å². The zero-order chi connectivity index (χ0) is 27.0. The fourth-order valence-corrected chi connectivity index (χ4v) is 4.15. The fourth-order valence-electron chi connectivity index (χ4n) is 4.15. The van der Waals surface area contributed by atoms with Crippen LogP contribution in [0.3, 0.4) is 0 Å². The van der Waals surface area contributed by atoms with Crippen LogP contribution in [0.1, 0.15) is 37.4 Å². The van der Waals surface area contributed by atoms with Crippen molar-refractivity contribution in [3.8, 4) is 11.5 Å². The van der Waals surface area contributed by atoms with Gasteiger partial charge in [-0.1, -0.05) is 30.8 Å². The lowest BCUT2D eigenvalue weighted by Crippen LogP contribution is -2.30. The van der Waals surface area contributed by atoms with E-state index in [4.69, 9.17) is 5.73 Å². The Balaban J connectivity index is 0.000000175. The molecule has 0 unspecified atom stereocenters. The topological polar surface area (TPSA) is 128 Å². The summed E-state index contributed by atoms with van der Waals surface area (Å²) in [7, 11) is 3.63. The highest BCUT2D eigenvalue weighted by atomic mass is 16.3. The summed E-state index contributed by atoms with van der Waals surface area (Å²) in [6.45, 7) is 7.43. The Morgan fingerprint density at radius 3 is 2.35 bits per heavy atom. The van der Waals surface area contributed by atoms with E-state index >= 15 is 0 Å². The lowest BCUT2D eigenvalue weighted by atomic mass is 9.93. The number of amides is 2. The molecule has 8 heteroatoms. The van der Waals surface area contributed by atoms with Gasteiger partial charge in [-0.2, -0.15) is 4.99 Å². The number of phenols is 2. The molecular weight excluding hydrogens is 468 g/mol. The molecule has 0 saturated carbocycles. The molecule has 4 aromatic rings. The van der Waals surface area contributed by atoms with E-state index < -0.39 is 0 Å². The number of hydrogen-bond acceptors (Lipinski definition) is 6. The van der Waals surface area contributed by atoms with Crippen LogP contribution in [0.2, 0.25) is 0 Å². The van der Waals surface area contributed by atoms with Crippen molar-refractivity contribution in [1.29, 1.82) is 0 Å². The lowest BCUT2D eigenvalue weighted by Gasteiger charge is -2.16. The van der Waals surface area contributed by atoms with Crippen LogP contribution in [-0.2, 0) is 0 Å². The van der Waals surface area contributed by atoms with Crippen LogP contribution >= 0.6 is 0 Å². The first-order chi connectivity index (χ1) is 17.5. The van der Waals surface area contributed by atoms with Gasteiger partial charge in [0, 0.05) is 30.6 Å². The fraction of sp³-hybridized carbons (Fsp3) is 0.138. The number of aromatic hydroxyl groups is 2. The number of rotatable bonds is 3. The largest absolute Gasteiger partial charge is 0.508 e. The van der Waals surface area contributed by atoms with Crippen LogP contribution in [0.25, 0.3) is 21.5 Å². The van der Waals surface area contributed by atoms with Gasteiger partial charge in [0.2, 0.25) is 0 Å². The van der Waals surface area contributed by atoms with E-state index in [1.54, 1.807) is 47.4 Å². The summed E-state index contributed by atoms with van der Waals surface area (Å²) >= 11 is 0. The van der Waals surface area contributed by atoms with Crippen LogP contribution in [0.15, 0.2) is 72.0 Å². The van der Waals surface area contributed by atoms with Crippen molar-refractivity contribution in [1.82, 2.24) is 10.2 Å². The van der Waals surface area contributed by atoms with Crippen LogP contribution in [0, 0.1) is 13.8 Å². The van der Waals surface area contributed by atoms with Gasteiger partial charge < -0.3 is 26.2 Å². The van der Waals surface area contributed by atoms with E-state index in [1.165, 1.54) is 0 Å². The van der Waals surface area contributed by atoms with Crippen molar-refractivity contribution >= 4 is 39.2 Å². The predicted molar refractivity (Wildman–Crippen MR) is 146 cm³/mol. The first-order valence-electron chi connectivity index (χ1n) is 11.5. The number of hydrogen-bond donors (Lipinski definition) is 4. The van der Waals surface area contributed by atoms with Gasteiger partial charge >= 0.3 is 0 Å². The minimum Gasteiger partial charge on any atom is -0.508 e. The third-order valence-corrected chi connectivity index (χ3v) is 6.45. The molecule has 0 saturated heterocycles. The molecule has 1 aliphatic rings. The zero-order valence-electron chi connectivity index (χ0n) is 21.1. The summed E-state index contributed by atoms with van der Waals surface area (Å²) in [5, 5.41) is 25.7. The second kappa shape index (κ2) is 9.66. The Hall–Kier alpha value is -4.85. The van der Waals surface area contributed by atoms with Gasteiger partial charge in [0.1, 0.15) is 23.2 Å². The van der Waals surface area contributed by atoms with Crippen LogP contribution in [-0.4, -0.2) is 46.9 Å². The van der Waals surface area contributed by atoms with Gasteiger partial charge in [-0.05, 0) is 71.5 Å². The number of benzene rings is 4. The molecular formula is C29H28N4O4. The monoisotopic (exact) mass is 496 g/mol. The molecule has 0 atom stereocenters. The molecule has 5 rings (SSSR count). The number of aryl methyl sites for hydroxylation is 2. The standard InChI is InChI=1S/C16H18N2O2.C13H10N2O2/c1-10-14-7-5-13(9-12(14)6-8-15(10)19)16(20)17-11(2)18(3)4;1-6-7-3-2-4-8-11(7)9(5-10(6)16)12(14)15-13(8)17/h5-9,19H,2H2,1,3-4H3,(H,17,20);2-5,16H,1H3,(H2,14,15,17). The Bertz CT molecular complexity index is 1640. The SMILES string of the molecule is C=C(NC(=O)c1ccc2c(C)c(O)ccc2c1)N(C)C.Cc1c(O)cc2c3c(cccc13)C(=O)N=C2N. The molecule has 0 radical (unpaired) electrons. The van der Waals surface area contributed by atoms with Gasteiger partial charge in [-0.25, -0.2) is 0 Å². The average molecular weight is 497 g/mol. The molecule has 8 nitrogen and oxygen atoms in total. The zero-order valence-corrected chi connectivity index (χ0v) is 21.1. The van der Waals surface area contributed by atoms with E-state index in [0.717, 1.165) is 32.7 Å². The third kappa shape index (κ3) is 4.69. The Labute approximate surface area is 214 Å². The number of carbonyl (C=O) groups is 2. The summed E-state index contributed by atoms with van der Waals surface area (Å²) in [6.07, 6.45) is 0. The smallest absolute Gasteiger partial charge is 0.279 e. The van der Waals surface area contributed by atoms with E-state index in [9.17, 15) is 19.8 Å². The number of phenolic OH excluding ortho intramolecular Hbond substituents is 2. The number of aliphatic imine (C=N–C) groups is 1. The highest BCUT2D eigenvalue weighted by Gasteiger charge is 2.22. The normalized spacial score (nSPS) is 12.0. The van der Waals surface area contributed by atoms with Gasteiger partial charge in [-0.15, -0.1) is 0 Å². The molecule has 2 amide bonds. The highest BCUT2D eigenvalue weighted by Crippen LogP contribution is 2.34. The van der Waals surface area contributed by atoms with Crippen LogP contribution < -0.4 is 11.1 Å². The molecule has 4 aromatic carbocycles. The van der Waals surface area contributed by atoms with E-state index in [1.807, 2.05) is 40.1 Å². The first kappa shape index (κ1) is 25.2. The Kier molecular flexibility index (Phi) is 6.59. The minimum absolute atomic E-state index is 0.161. The van der Waals surface area contributed by atoms with E-state index in [2.05, 4.69) is 16.9 Å². The Morgan fingerprint density at radius 1 is 0.946 bits per heavy atom. The summed E-state index contributed by atoms with van der Waals surface area (Å²) < 4.78 is 0. The second-order valence-electron chi connectivity index (χ2n) is 9.04. The second-order valence-corrected chi connectivity index (χ2v) is 9.04. The van der Waals surface area contributed by atoms with Gasteiger partial charge in [-0.3, -0.25) is 9.59 Å². The third-order valence-electron chi connectivity index (χ3n) is 6.45. The number of fused-ring (bicyclic) bond motifs is 1. The maximum Gasteiger partial charge on any atom is 0.279 e. The van der Waals surface area contributed by atoms with Crippen molar-refractivity contribution < 1.29 is 19.8 Å². The highest BCUT2D eigenvalue weighted by molar-refractivity contribution is 6.25. The maximum atomic E-state index is 12.1. The minimum atomic E-state index is -0.328. The van der Waals surface area contributed by atoms with Crippen molar-refractivity contribution in [2.45, 2.75) is 13.8 Å². The van der Waals surface area contributed by atoms with Crippen LogP contribution in [0.5, 0.6) is 11.5 Å². The van der Waals surface area contributed by atoms with Crippen molar-refractivity contribution in [2.24, 2.45) is 10.7 Å². The number of nitrogens with two attached hydrogens (primary N) is 1. The first-order valence-corrected chi connectivity index (χ1v) is 11.5. The molecule has 0 bridgehead atoms. The maximum absolute atomic E-state index is 12.1. The van der Waals surface area contributed by atoms with Gasteiger partial charge in [0.25, 0.3) is 11.8 Å². The van der Waals surface area contributed by atoms with Crippen molar-refractivity contribution in [2.75, 3.05) is 14.1 Å². The number of amidine groups is 1. The summed E-state index contributed by atoms with van der Waals surface area (Å²) in [5.74, 6) is 0.598. The molecule has 0 fully saturated rings. The summed E-state index contributed by atoms with van der Waals surface area (Å²) in [5.41, 5.74) is 9.01. The van der Waals surface area contributed by atoms with E-state index in [-0.39, 0.29) is 29.1 Å². The molecule has 0 aromatic heterocycles. The molecule has 1 aliphatic heterocycles. The Morgan fingerprint density at radius 2 is 1.65 bits per heavy atom. The number of nitrogens with one attached hydrogen (secondary N) is 1. The van der Waals surface area contributed by atoms with Gasteiger partial charge in [0.05, 0.1) is 5.56 Å². The average Bonchev–Trinajstić information content (AvgIpc) is 2.87. The lowest BCUT2D eigenvalue weighted by molar-refractivity contribution is 0.0955. The number of nitrogens with zero attached hydrogens (tertiary/aromatic N) is 2. The molecule has 0 aliphatic carbocycles. The molecule has 5 N–H and O–H groups in total. The molecule has 37 heavy (non-hydrogen) atoms. The predicted octanol–water partition coefficient (Wildman–Crippen LogP) is 4.33. The number of carbonyl (C=O) groups excluding carboxylic acids is 2.